The number of pyridine rings is 1. The molecule has 0 aliphatic carbocycles. The molecular formula is C17H21FN4. The van der Waals surface area contributed by atoms with E-state index >= 15 is 0 Å². The molecule has 0 aliphatic heterocycles. The fraction of sp³-hybridized carbons (Fsp3) is 0.294. The number of nitrogens with one attached hydrogen (secondary N) is 2. The van der Waals surface area contributed by atoms with E-state index in [0.717, 1.165) is 17.8 Å². The number of halogens is 1. The van der Waals surface area contributed by atoms with E-state index in [1.54, 1.807) is 18.3 Å². The van der Waals surface area contributed by atoms with Gasteiger partial charge in [-0.15, -0.1) is 0 Å². The molecule has 0 spiro atoms. The Morgan fingerprint density at radius 3 is 2.73 bits per heavy atom. The minimum Gasteiger partial charge on any atom is -0.357 e. The second-order valence-corrected chi connectivity index (χ2v) is 4.91. The summed E-state index contributed by atoms with van der Waals surface area (Å²) in [6, 6.07) is 10.6. The standard InChI is InChI=1S/C17H21FN4/c1-3-19-17(21-11-14-8-4-5-9-15(14)18)22-12-16-13(2)7-6-10-20-16/h4-10H,3,11-12H2,1-2H3,(H2,19,21,22). The van der Waals surface area contributed by atoms with Crippen LogP contribution in [0.2, 0.25) is 0 Å². The van der Waals surface area contributed by atoms with Crippen molar-refractivity contribution in [2.24, 2.45) is 4.99 Å². The highest BCUT2D eigenvalue weighted by molar-refractivity contribution is 5.79. The first-order valence-corrected chi connectivity index (χ1v) is 7.36. The first-order chi connectivity index (χ1) is 10.7. The van der Waals surface area contributed by atoms with Crippen LogP contribution in [0.15, 0.2) is 47.6 Å². The van der Waals surface area contributed by atoms with Crippen molar-refractivity contribution in [3.8, 4) is 0 Å². The molecule has 0 saturated heterocycles. The molecule has 1 aromatic carbocycles. The summed E-state index contributed by atoms with van der Waals surface area (Å²) in [6.45, 7) is 5.63. The molecule has 0 atom stereocenters. The maximum absolute atomic E-state index is 13.6. The summed E-state index contributed by atoms with van der Waals surface area (Å²) in [6.07, 6.45) is 1.77. The third-order valence-corrected chi connectivity index (χ3v) is 3.25. The molecule has 0 aliphatic rings. The van der Waals surface area contributed by atoms with Gasteiger partial charge in [-0.25, -0.2) is 9.38 Å². The SMILES string of the molecule is CCNC(=NCc1ccccc1F)NCc1ncccc1C. The highest BCUT2D eigenvalue weighted by Crippen LogP contribution is 2.07. The molecule has 0 bridgehead atoms. The molecule has 22 heavy (non-hydrogen) atoms. The number of aryl methyl sites for hydroxylation is 1. The second-order valence-electron chi connectivity index (χ2n) is 4.91. The Morgan fingerprint density at radius 1 is 1.18 bits per heavy atom. The van der Waals surface area contributed by atoms with Crippen LogP contribution >= 0.6 is 0 Å². The lowest BCUT2D eigenvalue weighted by atomic mass is 10.2. The third-order valence-electron chi connectivity index (χ3n) is 3.25. The van der Waals surface area contributed by atoms with E-state index in [1.165, 1.54) is 6.07 Å². The predicted octanol–water partition coefficient (Wildman–Crippen LogP) is 2.78. The molecule has 5 heteroatoms. The van der Waals surface area contributed by atoms with Crippen LogP contribution in [0.4, 0.5) is 4.39 Å². The first-order valence-electron chi connectivity index (χ1n) is 7.36. The maximum Gasteiger partial charge on any atom is 0.191 e. The van der Waals surface area contributed by atoms with Crippen molar-refractivity contribution in [2.45, 2.75) is 26.9 Å². The average molecular weight is 300 g/mol. The normalized spacial score (nSPS) is 11.3. The molecule has 0 unspecified atom stereocenters. The number of hydrogen-bond acceptors (Lipinski definition) is 2. The highest BCUT2D eigenvalue weighted by atomic mass is 19.1. The highest BCUT2D eigenvalue weighted by Gasteiger charge is 2.03. The summed E-state index contributed by atoms with van der Waals surface area (Å²) in [5, 5.41) is 6.37. The van der Waals surface area contributed by atoms with E-state index in [9.17, 15) is 4.39 Å². The molecule has 116 valence electrons. The Hall–Kier alpha value is -2.43. The van der Waals surface area contributed by atoms with Crippen LogP contribution in [0.25, 0.3) is 0 Å². The number of hydrogen-bond donors (Lipinski definition) is 2. The number of aliphatic imine (C=N–C) groups is 1. The van der Waals surface area contributed by atoms with E-state index in [2.05, 4.69) is 20.6 Å². The second kappa shape index (κ2) is 8.12. The van der Waals surface area contributed by atoms with E-state index in [0.29, 0.717) is 24.6 Å². The van der Waals surface area contributed by atoms with Crippen molar-refractivity contribution < 1.29 is 4.39 Å². The van der Waals surface area contributed by atoms with E-state index in [-0.39, 0.29) is 5.82 Å². The van der Waals surface area contributed by atoms with Crippen LogP contribution in [0.1, 0.15) is 23.7 Å². The molecule has 0 amide bonds. The van der Waals surface area contributed by atoms with Gasteiger partial charge in [-0.2, -0.15) is 0 Å². The van der Waals surface area contributed by atoms with E-state index in [1.807, 2.05) is 32.0 Å². The van der Waals surface area contributed by atoms with Crippen molar-refractivity contribution in [2.75, 3.05) is 6.54 Å². The number of benzene rings is 1. The maximum atomic E-state index is 13.6. The van der Waals surface area contributed by atoms with Gasteiger partial charge in [-0.1, -0.05) is 24.3 Å². The largest absolute Gasteiger partial charge is 0.357 e. The quantitative estimate of drug-likeness (QED) is 0.659. The van der Waals surface area contributed by atoms with Crippen LogP contribution in [0, 0.1) is 12.7 Å². The zero-order valence-electron chi connectivity index (χ0n) is 12.9. The summed E-state index contributed by atoms with van der Waals surface area (Å²) in [4.78, 5) is 8.75. The van der Waals surface area contributed by atoms with Gasteiger partial charge in [-0.3, -0.25) is 4.98 Å². The van der Waals surface area contributed by atoms with Crippen molar-refractivity contribution in [3.05, 3.63) is 65.2 Å². The number of nitrogens with zero attached hydrogens (tertiary/aromatic N) is 2. The molecular weight excluding hydrogens is 279 g/mol. The first kappa shape index (κ1) is 15.9. The molecule has 1 heterocycles. The smallest absolute Gasteiger partial charge is 0.191 e. The molecule has 0 saturated carbocycles. The van der Waals surface area contributed by atoms with Gasteiger partial charge in [0.15, 0.2) is 5.96 Å². The van der Waals surface area contributed by atoms with Gasteiger partial charge in [0.25, 0.3) is 0 Å². The molecule has 0 fully saturated rings. The topological polar surface area (TPSA) is 49.3 Å². The summed E-state index contributed by atoms with van der Waals surface area (Å²) < 4.78 is 13.6. The molecule has 2 aromatic rings. The van der Waals surface area contributed by atoms with Crippen molar-refractivity contribution >= 4 is 5.96 Å². The number of guanidine groups is 1. The lowest BCUT2D eigenvalue weighted by Crippen LogP contribution is -2.37. The zero-order chi connectivity index (χ0) is 15.8. The number of aromatic nitrogens is 1. The van der Waals surface area contributed by atoms with Crippen LogP contribution in [0.3, 0.4) is 0 Å². The lowest BCUT2D eigenvalue weighted by Gasteiger charge is -2.12. The minimum absolute atomic E-state index is 0.234. The molecule has 2 rings (SSSR count). The Morgan fingerprint density at radius 2 is 2.00 bits per heavy atom. The summed E-state index contributed by atoms with van der Waals surface area (Å²) >= 11 is 0. The summed E-state index contributed by atoms with van der Waals surface area (Å²) in [7, 11) is 0. The van der Waals surface area contributed by atoms with Gasteiger partial charge in [-0.05, 0) is 31.5 Å². The lowest BCUT2D eigenvalue weighted by molar-refractivity contribution is 0.610. The zero-order valence-corrected chi connectivity index (χ0v) is 12.9. The average Bonchev–Trinajstić information content (AvgIpc) is 2.53. The third kappa shape index (κ3) is 4.55. The molecule has 0 radical (unpaired) electrons. The van der Waals surface area contributed by atoms with Crippen LogP contribution < -0.4 is 10.6 Å². The van der Waals surface area contributed by atoms with Gasteiger partial charge in [0.2, 0.25) is 0 Å². The van der Waals surface area contributed by atoms with Gasteiger partial charge >= 0.3 is 0 Å². The summed E-state index contributed by atoms with van der Waals surface area (Å²) in [5.41, 5.74) is 2.67. The van der Waals surface area contributed by atoms with Gasteiger partial charge in [0.05, 0.1) is 18.8 Å². The Labute approximate surface area is 130 Å². The van der Waals surface area contributed by atoms with Crippen LogP contribution in [-0.4, -0.2) is 17.5 Å². The van der Waals surface area contributed by atoms with E-state index < -0.39 is 0 Å². The predicted molar refractivity (Wildman–Crippen MR) is 87.0 cm³/mol. The van der Waals surface area contributed by atoms with Gasteiger partial charge in [0.1, 0.15) is 5.82 Å². The minimum atomic E-state index is -0.234. The fourth-order valence-corrected chi connectivity index (χ4v) is 2.00. The molecule has 4 nitrogen and oxygen atoms in total. The van der Waals surface area contributed by atoms with Gasteiger partial charge in [0, 0.05) is 18.3 Å². The molecule has 2 N–H and O–H groups in total. The van der Waals surface area contributed by atoms with Gasteiger partial charge < -0.3 is 10.6 Å². The molecule has 1 aromatic heterocycles. The Balaban J connectivity index is 2.02. The number of rotatable bonds is 5. The Bertz CT molecular complexity index is 640. The Kier molecular flexibility index (Phi) is 5.89. The monoisotopic (exact) mass is 300 g/mol. The fourth-order valence-electron chi connectivity index (χ4n) is 2.00. The summed E-state index contributed by atoms with van der Waals surface area (Å²) in [5.74, 6) is 0.415. The van der Waals surface area contributed by atoms with Crippen molar-refractivity contribution in [1.29, 1.82) is 0 Å². The van der Waals surface area contributed by atoms with E-state index in [4.69, 9.17) is 0 Å². The van der Waals surface area contributed by atoms with Crippen LogP contribution in [0.5, 0.6) is 0 Å². The van der Waals surface area contributed by atoms with Crippen molar-refractivity contribution in [1.82, 2.24) is 15.6 Å². The van der Waals surface area contributed by atoms with Crippen molar-refractivity contribution in [3.63, 3.8) is 0 Å². The van der Waals surface area contributed by atoms with Crippen LogP contribution in [-0.2, 0) is 13.1 Å².